The lowest BCUT2D eigenvalue weighted by Gasteiger charge is -2.26. The molecule has 0 aromatic heterocycles. The van der Waals surface area contributed by atoms with E-state index in [-0.39, 0.29) is 12.1 Å². The highest BCUT2D eigenvalue weighted by atomic mass is 16.2. The number of nitrogens with one attached hydrogen (secondary N) is 1. The second-order valence-electron chi connectivity index (χ2n) is 4.91. The van der Waals surface area contributed by atoms with E-state index in [1.807, 2.05) is 48.5 Å². The fourth-order valence-electron chi connectivity index (χ4n) is 2.78. The molecule has 4 nitrogen and oxygen atoms in total. The molecule has 3 N–H and O–H groups in total. The van der Waals surface area contributed by atoms with E-state index < -0.39 is 6.03 Å². The average molecular weight is 267 g/mol. The number of carbonyl (C=O) groups is 1. The number of urea groups is 1. The molecule has 2 aromatic rings. The van der Waals surface area contributed by atoms with Gasteiger partial charge in [0.25, 0.3) is 0 Å². The zero-order valence-electron chi connectivity index (χ0n) is 11.1. The molecule has 2 amide bonds. The van der Waals surface area contributed by atoms with Gasteiger partial charge in [0.15, 0.2) is 0 Å². The van der Waals surface area contributed by atoms with Crippen LogP contribution in [0.5, 0.6) is 0 Å². The zero-order valence-corrected chi connectivity index (χ0v) is 11.1. The van der Waals surface area contributed by atoms with Gasteiger partial charge in [-0.15, -0.1) is 0 Å². The molecule has 2 atom stereocenters. The average Bonchev–Trinajstić information content (AvgIpc) is 2.94. The first-order valence-corrected chi connectivity index (χ1v) is 6.67. The van der Waals surface area contributed by atoms with Crippen LogP contribution in [-0.4, -0.2) is 17.6 Å². The van der Waals surface area contributed by atoms with Gasteiger partial charge in [0.1, 0.15) is 0 Å². The molecule has 20 heavy (non-hydrogen) atoms. The molecular formula is C16H17N3O. The normalized spacial score (nSPS) is 21.9. The van der Waals surface area contributed by atoms with Gasteiger partial charge in [-0.1, -0.05) is 60.7 Å². The van der Waals surface area contributed by atoms with E-state index in [1.165, 1.54) is 0 Å². The molecule has 1 aliphatic heterocycles. The van der Waals surface area contributed by atoms with Gasteiger partial charge >= 0.3 is 6.03 Å². The van der Waals surface area contributed by atoms with Crippen molar-refractivity contribution >= 4 is 6.03 Å². The lowest BCUT2D eigenvalue weighted by atomic mass is 9.94. The van der Waals surface area contributed by atoms with Gasteiger partial charge in [-0.3, -0.25) is 5.32 Å². The van der Waals surface area contributed by atoms with Crippen LogP contribution in [-0.2, 0) is 0 Å². The van der Waals surface area contributed by atoms with Crippen molar-refractivity contribution in [2.45, 2.75) is 12.1 Å². The van der Waals surface area contributed by atoms with Gasteiger partial charge in [-0.25, -0.2) is 4.79 Å². The minimum atomic E-state index is -0.398. The molecule has 2 aromatic carbocycles. The van der Waals surface area contributed by atoms with Crippen molar-refractivity contribution in [3.8, 4) is 0 Å². The second-order valence-corrected chi connectivity index (χ2v) is 4.91. The molecule has 102 valence electrons. The van der Waals surface area contributed by atoms with Crippen LogP contribution in [0.15, 0.2) is 60.7 Å². The van der Waals surface area contributed by atoms with E-state index in [4.69, 9.17) is 5.73 Å². The van der Waals surface area contributed by atoms with Crippen LogP contribution in [0, 0.1) is 0 Å². The predicted molar refractivity (Wildman–Crippen MR) is 77.8 cm³/mol. The Morgan fingerprint density at radius 2 is 1.55 bits per heavy atom. The predicted octanol–water partition coefficient (Wildman–Crippen LogP) is 2.41. The fraction of sp³-hybridized carbons (Fsp3) is 0.188. The molecular weight excluding hydrogens is 250 g/mol. The van der Waals surface area contributed by atoms with Crippen LogP contribution >= 0.6 is 0 Å². The maximum Gasteiger partial charge on any atom is 0.316 e. The standard InChI is InChI=1S/C16H17N3O/c17-16(20)19-11-18-14(12-7-3-1-4-8-12)15(19)13-9-5-2-6-10-13/h1-10,14-15,18H,11H2,(H2,17,20). The van der Waals surface area contributed by atoms with Gasteiger partial charge in [-0.05, 0) is 11.1 Å². The Morgan fingerprint density at radius 3 is 2.10 bits per heavy atom. The summed E-state index contributed by atoms with van der Waals surface area (Å²) in [7, 11) is 0. The summed E-state index contributed by atoms with van der Waals surface area (Å²) in [6.45, 7) is 0.467. The van der Waals surface area contributed by atoms with Crippen molar-refractivity contribution in [2.75, 3.05) is 6.67 Å². The summed E-state index contributed by atoms with van der Waals surface area (Å²) in [5, 5.41) is 3.38. The van der Waals surface area contributed by atoms with Crippen LogP contribution in [0.3, 0.4) is 0 Å². The van der Waals surface area contributed by atoms with Crippen molar-refractivity contribution < 1.29 is 4.79 Å². The van der Waals surface area contributed by atoms with Gasteiger partial charge in [-0.2, -0.15) is 0 Å². The summed E-state index contributed by atoms with van der Waals surface area (Å²) in [4.78, 5) is 13.3. The lowest BCUT2D eigenvalue weighted by Crippen LogP contribution is -2.36. The number of amides is 2. The molecule has 1 saturated heterocycles. The van der Waals surface area contributed by atoms with E-state index in [2.05, 4.69) is 17.4 Å². The summed E-state index contributed by atoms with van der Waals surface area (Å²) >= 11 is 0. The van der Waals surface area contributed by atoms with E-state index in [0.717, 1.165) is 11.1 Å². The van der Waals surface area contributed by atoms with Crippen LogP contribution in [0.4, 0.5) is 4.79 Å². The summed E-state index contributed by atoms with van der Waals surface area (Å²) < 4.78 is 0. The van der Waals surface area contributed by atoms with Crippen molar-refractivity contribution in [3.63, 3.8) is 0 Å². The van der Waals surface area contributed by atoms with Crippen LogP contribution in [0.1, 0.15) is 23.2 Å². The highest BCUT2D eigenvalue weighted by Gasteiger charge is 2.37. The maximum atomic E-state index is 11.7. The Bertz CT molecular complexity index is 585. The smallest absolute Gasteiger partial charge is 0.316 e. The molecule has 0 aliphatic carbocycles. The van der Waals surface area contributed by atoms with E-state index in [1.54, 1.807) is 4.90 Å². The minimum Gasteiger partial charge on any atom is -0.351 e. The first kappa shape index (κ1) is 12.7. The van der Waals surface area contributed by atoms with Crippen molar-refractivity contribution in [1.82, 2.24) is 10.2 Å². The summed E-state index contributed by atoms with van der Waals surface area (Å²) in [5.41, 5.74) is 7.76. The fourth-order valence-corrected chi connectivity index (χ4v) is 2.78. The monoisotopic (exact) mass is 267 g/mol. The highest BCUT2D eigenvalue weighted by molar-refractivity contribution is 5.73. The number of nitrogens with two attached hydrogens (primary N) is 1. The Balaban J connectivity index is 2.00. The number of hydrogen-bond acceptors (Lipinski definition) is 2. The van der Waals surface area contributed by atoms with E-state index in [9.17, 15) is 4.79 Å². The first-order chi connectivity index (χ1) is 9.77. The Hall–Kier alpha value is -2.33. The van der Waals surface area contributed by atoms with E-state index >= 15 is 0 Å². The molecule has 2 unspecified atom stereocenters. The van der Waals surface area contributed by atoms with Crippen LogP contribution in [0.2, 0.25) is 0 Å². The molecule has 1 heterocycles. The minimum absolute atomic E-state index is 0.0612. The van der Waals surface area contributed by atoms with Crippen LogP contribution in [0.25, 0.3) is 0 Å². The van der Waals surface area contributed by atoms with Gasteiger partial charge in [0, 0.05) is 0 Å². The molecule has 1 fully saturated rings. The first-order valence-electron chi connectivity index (χ1n) is 6.67. The molecule has 0 saturated carbocycles. The molecule has 4 heteroatoms. The third-order valence-corrected chi connectivity index (χ3v) is 3.72. The van der Waals surface area contributed by atoms with Crippen LogP contribution < -0.4 is 11.1 Å². The van der Waals surface area contributed by atoms with E-state index in [0.29, 0.717) is 6.67 Å². The summed E-state index contributed by atoms with van der Waals surface area (Å²) in [6, 6.07) is 19.7. The quantitative estimate of drug-likeness (QED) is 0.878. The largest absolute Gasteiger partial charge is 0.351 e. The van der Waals surface area contributed by atoms with Crippen molar-refractivity contribution in [3.05, 3.63) is 71.8 Å². The molecule has 3 rings (SSSR count). The molecule has 0 radical (unpaired) electrons. The summed E-state index contributed by atoms with van der Waals surface area (Å²) in [6.07, 6.45) is 0. The zero-order chi connectivity index (χ0) is 13.9. The third-order valence-electron chi connectivity index (χ3n) is 3.72. The van der Waals surface area contributed by atoms with Gasteiger partial charge < -0.3 is 10.6 Å². The van der Waals surface area contributed by atoms with Gasteiger partial charge in [0.05, 0.1) is 18.8 Å². The molecule has 0 spiro atoms. The number of carbonyl (C=O) groups excluding carboxylic acids is 1. The molecule has 1 aliphatic rings. The Morgan fingerprint density at radius 1 is 1.00 bits per heavy atom. The number of benzene rings is 2. The second kappa shape index (κ2) is 5.35. The Labute approximate surface area is 118 Å². The van der Waals surface area contributed by atoms with Gasteiger partial charge in [0.2, 0.25) is 0 Å². The SMILES string of the molecule is NC(=O)N1CNC(c2ccccc2)C1c1ccccc1. The number of primary amides is 1. The Kier molecular flexibility index (Phi) is 3.39. The van der Waals surface area contributed by atoms with Crippen molar-refractivity contribution in [2.24, 2.45) is 5.73 Å². The third kappa shape index (κ3) is 2.26. The summed E-state index contributed by atoms with van der Waals surface area (Å²) in [5.74, 6) is 0. The maximum absolute atomic E-state index is 11.7. The molecule has 0 bridgehead atoms. The number of rotatable bonds is 2. The topological polar surface area (TPSA) is 58.4 Å². The number of nitrogens with zero attached hydrogens (tertiary/aromatic N) is 1. The number of hydrogen-bond donors (Lipinski definition) is 2. The van der Waals surface area contributed by atoms with Crippen molar-refractivity contribution in [1.29, 1.82) is 0 Å². The highest BCUT2D eigenvalue weighted by Crippen LogP contribution is 2.37. The lowest BCUT2D eigenvalue weighted by molar-refractivity contribution is 0.200.